The summed E-state index contributed by atoms with van der Waals surface area (Å²) in [5, 5.41) is 31.2. The number of hydrogen-bond donors (Lipinski definition) is 0. The molecule has 0 atom stereocenters. The van der Waals surface area contributed by atoms with E-state index in [1.807, 2.05) is 0 Å². The van der Waals surface area contributed by atoms with Crippen LogP contribution in [-0.4, -0.2) is 14.8 Å². The second-order valence-electron chi connectivity index (χ2n) is 2.68. The van der Waals surface area contributed by atoms with Crippen LogP contribution in [0.4, 0.5) is 17.1 Å². The van der Waals surface area contributed by atoms with Crippen molar-refractivity contribution in [3.05, 3.63) is 96.5 Å². The van der Waals surface area contributed by atoms with Gasteiger partial charge in [-0.2, -0.15) is 0 Å². The van der Waals surface area contributed by atoms with Crippen molar-refractivity contribution in [2.24, 2.45) is 0 Å². The molecule has 0 fully saturated rings. The predicted octanol–water partition coefficient (Wildman–Crippen LogP) is 4.01. The van der Waals surface area contributed by atoms with Gasteiger partial charge in [-0.15, -0.1) is 0 Å². The van der Waals surface area contributed by atoms with E-state index in [2.05, 4.69) is 0 Å². The van der Waals surface area contributed by atoms with E-state index < -0.39 is 31.8 Å². The Balaban J connectivity index is -0.000000410. The van der Waals surface area contributed by atoms with Crippen LogP contribution < -0.4 is 0 Å². The predicted molar refractivity (Wildman–Crippen MR) is 76.6 cm³/mol. The largest absolute Gasteiger partial charge is 0.422 e. The van der Waals surface area contributed by atoms with Crippen LogP contribution in [0.25, 0.3) is 47.9 Å². The Hall–Kier alpha value is -4.65. The highest BCUT2D eigenvalue weighted by Crippen LogP contribution is 2.35. The van der Waals surface area contributed by atoms with Gasteiger partial charge in [0.2, 0.25) is 0 Å². The number of nitro benzene ring substituents is 3. The van der Waals surface area contributed by atoms with Crippen LogP contribution in [0.2, 0.25) is 0 Å². The van der Waals surface area contributed by atoms with Crippen molar-refractivity contribution in [3.63, 3.8) is 0 Å². The minimum Gasteiger partial charge on any atom is -0.373 e. The Bertz CT molecular complexity index is 635. The number of hydrogen-bond acceptors (Lipinski definition) is 6. The maximum atomic E-state index is 10.4. The first kappa shape index (κ1) is 24.4. The molecular weight excluding hydrogens is 336 g/mol. The van der Waals surface area contributed by atoms with Gasteiger partial charge in [-0.25, -0.2) is 0 Å². The quantitative estimate of drug-likeness (QED) is 0.257. The summed E-state index contributed by atoms with van der Waals surface area (Å²) in [6.07, 6.45) is 0. The highest BCUT2D eigenvalue weighted by atomic mass is 16.6. The van der Waals surface area contributed by atoms with Gasteiger partial charge in [-0.1, -0.05) is 0 Å². The van der Waals surface area contributed by atoms with Gasteiger partial charge in [-0.3, -0.25) is 45.1 Å². The summed E-state index contributed by atoms with van der Waals surface area (Å²) in [5.74, 6) is 0. The molecule has 126 valence electrons. The van der Waals surface area contributed by atoms with Gasteiger partial charge in [0.1, 0.15) is 0 Å². The number of benzene rings is 1. The number of rotatable bonds is 3. The molecule has 0 amide bonds. The topological polar surface area (TPSA) is 306 Å². The van der Waals surface area contributed by atoms with E-state index in [9.17, 15) is 30.3 Å². The van der Waals surface area contributed by atoms with Crippen LogP contribution in [0.5, 0.6) is 0 Å². The molecule has 18 nitrogen and oxygen atoms in total. The van der Waals surface area contributed by atoms with Crippen molar-refractivity contribution in [1.29, 1.82) is 0 Å². The van der Waals surface area contributed by atoms with Crippen molar-refractivity contribution in [2.45, 2.75) is 0 Å². The molecule has 0 heterocycles. The van der Waals surface area contributed by atoms with Gasteiger partial charge in [-0.05, 0) is 6.07 Å². The van der Waals surface area contributed by atoms with Crippen LogP contribution in [0, 0.1) is 30.3 Å². The molecule has 0 N–H and O–H groups in total. The van der Waals surface area contributed by atoms with E-state index in [1.165, 1.54) is 14.7 Å². The van der Waals surface area contributed by atoms with Gasteiger partial charge in [0.05, 0.1) is 14.8 Å². The van der Waals surface area contributed by atoms with E-state index in [-0.39, 0.29) is 0 Å². The maximum Gasteiger partial charge on any atom is 0.422 e. The minimum absolute atomic E-state index is 0.838. The zero-order chi connectivity index (χ0) is 19.7. The van der Waals surface area contributed by atoms with Gasteiger partial charge in [0.25, 0.3) is 0 Å². The summed E-state index contributed by atoms with van der Waals surface area (Å²) < 4.78 is 0. The van der Waals surface area contributed by atoms with Crippen LogP contribution in [-0.2, 0) is 0 Å². The lowest BCUT2D eigenvalue weighted by Crippen LogP contribution is -2.00. The van der Waals surface area contributed by atoms with Crippen LogP contribution in [0.15, 0.2) is 18.2 Å². The van der Waals surface area contributed by atoms with E-state index in [0.717, 1.165) is 18.2 Å². The molecule has 0 bridgehead atoms. The molecule has 1 aromatic rings. The molecule has 0 aromatic heterocycles. The first-order valence-corrected chi connectivity index (χ1v) is 4.71. The molecule has 1 aromatic carbocycles. The number of nitrogens with zero attached hydrogens (tertiary/aromatic N) is 12. The summed E-state index contributed by atoms with van der Waals surface area (Å²) in [7, 11) is 0. The fraction of sp³-hybridized carbons (Fsp3) is 0. The Morgan fingerprint density at radius 3 is 1.08 bits per heavy atom. The summed E-state index contributed by atoms with van der Waals surface area (Å²) in [5.41, 5.74) is 37.6. The van der Waals surface area contributed by atoms with E-state index in [0.29, 0.717) is 0 Å². The third-order valence-electron chi connectivity index (χ3n) is 1.57. The monoisotopic (exact) mass is 339 g/mol. The van der Waals surface area contributed by atoms with Crippen molar-refractivity contribution >= 4 is 17.1 Å². The molecule has 1 rings (SSSR count). The molecule has 24 heavy (non-hydrogen) atoms. The summed E-state index contributed by atoms with van der Waals surface area (Å²) in [6, 6.07) is 2.69. The zero-order valence-electron chi connectivity index (χ0n) is 11.0. The second kappa shape index (κ2) is 14.8. The molecule has 0 radical (unpaired) electrons. The number of para-hydroxylation sites is 1. The smallest absolute Gasteiger partial charge is 0.373 e. The lowest BCUT2D eigenvalue weighted by molar-refractivity contribution is -0.441. The van der Waals surface area contributed by atoms with Gasteiger partial charge in [0, 0.05) is 12.1 Å². The molecule has 0 saturated carbocycles. The first-order valence-electron chi connectivity index (χ1n) is 4.71. The standard InChI is InChI=1S/C6H3N3O6.3N3/c10-7(11)4-2-1-3-5(8(12)13)6(4)9(14)15;3*1-3-2/h1-3H;;;/q;3*-1. The summed E-state index contributed by atoms with van der Waals surface area (Å²) in [6.45, 7) is 0. The Labute approximate surface area is 129 Å². The fourth-order valence-electron chi connectivity index (χ4n) is 1.00. The Kier molecular flexibility index (Phi) is 15.0. The molecule has 0 aliphatic rings. The van der Waals surface area contributed by atoms with Crippen molar-refractivity contribution in [2.75, 3.05) is 0 Å². The van der Waals surface area contributed by atoms with Crippen molar-refractivity contribution < 1.29 is 14.8 Å². The highest BCUT2D eigenvalue weighted by Gasteiger charge is 2.34. The molecule has 0 aliphatic carbocycles. The van der Waals surface area contributed by atoms with Gasteiger partial charge < -0.3 is 33.2 Å². The summed E-state index contributed by atoms with van der Waals surface area (Å²) >= 11 is 0. The van der Waals surface area contributed by atoms with E-state index in [4.69, 9.17) is 33.2 Å². The lowest BCUT2D eigenvalue weighted by Gasteiger charge is -1.95. The van der Waals surface area contributed by atoms with Gasteiger partial charge >= 0.3 is 17.1 Å². The number of nitro groups is 3. The van der Waals surface area contributed by atoms with Gasteiger partial charge in [0.15, 0.2) is 0 Å². The lowest BCUT2D eigenvalue weighted by atomic mass is 10.2. The SMILES string of the molecule is O=[N+]([O-])c1cccc([N+](=O)[O-])c1[N+](=O)[O-].[N-]=[N+]=[N-].[N-]=[N+]=[N-].[N-]=[N+]=[N-]. The first-order chi connectivity index (χ1) is 11.2. The zero-order valence-corrected chi connectivity index (χ0v) is 11.0. The third kappa shape index (κ3) is 10.2. The molecule has 0 unspecified atom stereocenters. The third-order valence-corrected chi connectivity index (χ3v) is 1.57. The molecule has 0 spiro atoms. The normalized spacial score (nSPS) is 7.00. The fourth-order valence-corrected chi connectivity index (χ4v) is 1.00. The molecule has 18 heteroatoms. The van der Waals surface area contributed by atoms with Crippen LogP contribution >= 0.6 is 0 Å². The Morgan fingerprint density at radius 2 is 0.917 bits per heavy atom. The molecule has 0 saturated heterocycles. The second-order valence-corrected chi connectivity index (χ2v) is 2.68. The van der Waals surface area contributed by atoms with Crippen molar-refractivity contribution in [1.82, 2.24) is 0 Å². The van der Waals surface area contributed by atoms with Crippen molar-refractivity contribution in [3.8, 4) is 0 Å². The van der Waals surface area contributed by atoms with Crippen LogP contribution in [0.3, 0.4) is 0 Å². The summed E-state index contributed by atoms with van der Waals surface area (Å²) in [4.78, 5) is 32.5. The van der Waals surface area contributed by atoms with Crippen LogP contribution in [0.1, 0.15) is 0 Å². The highest BCUT2D eigenvalue weighted by molar-refractivity contribution is 5.65. The molecule has 0 aliphatic heterocycles. The maximum absolute atomic E-state index is 10.4. The molecular formula is C6H3N12O6-3. The van der Waals surface area contributed by atoms with E-state index >= 15 is 0 Å². The Morgan fingerprint density at radius 1 is 0.667 bits per heavy atom. The average molecular weight is 339 g/mol. The van der Waals surface area contributed by atoms with E-state index in [1.54, 1.807) is 0 Å². The minimum atomic E-state index is -1.14. The average Bonchev–Trinajstić information content (AvgIpc) is 2.48.